The molecular formula is C17H29NO2. The molecule has 0 aliphatic heterocycles. The van der Waals surface area contributed by atoms with E-state index in [-0.39, 0.29) is 0 Å². The Morgan fingerprint density at radius 3 is 2.45 bits per heavy atom. The van der Waals surface area contributed by atoms with Crippen LogP contribution < -0.4 is 5.32 Å². The Labute approximate surface area is 123 Å². The zero-order valence-electron chi connectivity index (χ0n) is 12.9. The van der Waals surface area contributed by atoms with E-state index >= 15 is 0 Å². The minimum Gasteiger partial charge on any atom is -0.385 e. The largest absolute Gasteiger partial charge is 0.385 e. The summed E-state index contributed by atoms with van der Waals surface area (Å²) in [5.41, 5.74) is 1.39. The van der Waals surface area contributed by atoms with Crippen LogP contribution in [0.5, 0.6) is 0 Å². The van der Waals surface area contributed by atoms with Crippen molar-refractivity contribution in [1.29, 1.82) is 0 Å². The number of rotatable bonds is 10. The average Bonchev–Trinajstić information content (AvgIpc) is 2.49. The lowest BCUT2D eigenvalue weighted by Crippen LogP contribution is -2.11. The molecule has 0 radical (unpaired) electrons. The SMILES string of the molecule is CCCCCCNC=O.COCCCc1ccccc1. The number of hydrogen-bond acceptors (Lipinski definition) is 2. The van der Waals surface area contributed by atoms with E-state index in [0.29, 0.717) is 0 Å². The van der Waals surface area contributed by atoms with E-state index < -0.39 is 0 Å². The third-order valence-corrected chi connectivity index (χ3v) is 2.91. The van der Waals surface area contributed by atoms with Gasteiger partial charge in [-0.15, -0.1) is 0 Å². The Bertz CT molecular complexity index is 301. The van der Waals surface area contributed by atoms with Crippen LogP contribution in [0.2, 0.25) is 0 Å². The Morgan fingerprint density at radius 1 is 1.10 bits per heavy atom. The predicted octanol–water partition coefficient (Wildman–Crippen LogP) is 3.58. The molecule has 3 nitrogen and oxygen atoms in total. The van der Waals surface area contributed by atoms with Crippen LogP contribution in [0, 0.1) is 0 Å². The highest BCUT2D eigenvalue weighted by molar-refractivity contribution is 5.45. The first-order valence-corrected chi connectivity index (χ1v) is 7.55. The van der Waals surface area contributed by atoms with E-state index in [0.717, 1.165) is 38.8 Å². The normalized spacial score (nSPS) is 9.50. The number of unbranched alkanes of at least 4 members (excludes halogenated alkanes) is 3. The van der Waals surface area contributed by atoms with Crippen molar-refractivity contribution in [2.75, 3.05) is 20.3 Å². The second-order valence-corrected chi connectivity index (χ2v) is 4.71. The number of hydrogen-bond donors (Lipinski definition) is 1. The van der Waals surface area contributed by atoms with Crippen LogP contribution in [-0.4, -0.2) is 26.7 Å². The van der Waals surface area contributed by atoms with Gasteiger partial charge in [0.15, 0.2) is 0 Å². The Kier molecular flexibility index (Phi) is 14.6. The molecule has 20 heavy (non-hydrogen) atoms. The van der Waals surface area contributed by atoms with Crippen LogP contribution in [0.15, 0.2) is 30.3 Å². The number of carbonyl (C=O) groups is 1. The molecule has 0 aromatic heterocycles. The number of aryl methyl sites for hydroxylation is 1. The Hall–Kier alpha value is -1.35. The van der Waals surface area contributed by atoms with Gasteiger partial charge in [-0.1, -0.05) is 56.5 Å². The van der Waals surface area contributed by atoms with Crippen LogP contribution in [0.4, 0.5) is 0 Å². The minimum absolute atomic E-state index is 0.756. The highest BCUT2D eigenvalue weighted by Gasteiger charge is 1.89. The van der Waals surface area contributed by atoms with E-state index in [9.17, 15) is 4.79 Å². The molecule has 3 heteroatoms. The molecule has 0 bridgehead atoms. The first kappa shape index (κ1) is 18.7. The number of carbonyl (C=O) groups excluding carboxylic acids is 1. The highest BCUT2D eigenvalue weighted by atomic mass is 16.5. The molecule has 0 heterocycles. The molecule has 1 rings (SSSR count). The van der Waals surface area contributed by atoms with Gasteiger partial charge in [0, 0.05) is 20.3 Å². The summed E-state index contributed by atoms with van der Waals surface area (Å²) in [4.78, 5) is 9.73. The fourth-order valence-corrected chi connectivity index (χ4v) is 1.78. The fourth-order valence-electron chi connectivity index (χ4n) is 1.78. The lowest BCUT2D eigenvalue weighted by Gasteiger charge is -1.98. The molecule has 1 N–H and O–H groups in total. The third kappa shape index (κ3) is 13.1. The standard InChI is InChI=1S/C10H14O.C7H15NO/c1-11-9-5-8-10-6-3-2-4-7-10;1-2-3-4-5-6-8-7-9/h2-4,6-7H,5,8-9H2,1H3;7H,2-6H2,1H3,(H,8,9). The highest BCUT2D eigenvalue weighted by Crippen LogP contribution is 2.01. The topological polar surface area (TPSA) is 38.3 Å². The third-order valence-electron chi connectivity index (χ3n) is 2.91. The summed E-state index contributed by atoms with van der Waals surface area (Å²) in [6.07, 6.45) is 7.87. The van der Waals surface area contributed by atoms with Gasteiger partial charge in [-0.25, -0.2) is 0 Å². The van der Waals surface area contributed by atoms with E-state index in [1.165, 1.54) is 24.8 Å². The lowest BCUT2D eigenvalue weighted by molar-refractivity contribution is -0.109. The van der Waals surface area contributed by atoms with Crippen LogP contribution in [0.25, 0.3) is 0 Å². The Morgan fingerprint density at radius 2 is 1.85 bits per heavy atom. The first-order valence-electron chi connectivity index (χ1n) is 7.55. The van der Waals surface area contributed by atoms with Crippen molar-refractivity contribution in [3.05, 3.63) is 35.9 Å². The van der Waals surface area contributed by atoms with Crippen LogP contribution in [0.3, 0.4) is 0 Å². The van der Waals surface area contributed by atoms with Gasteiger partial charge in [0.2, 0.25) is 6.41 Å². The summed E-state index contributed by atoms with van der Waals surface area (Å²) in [5, 5.41) is 2.63. The monoisotopic (exact) mass is 279 g/mol. The molecule has 0 atom stereocenters. The molecule has 0 unspecified atom stereocenters. The number of methoxy groups -OCH3 is 1. The number of nitrogens with one attached hydrogen (secondary N) is 1. The second kappa shape index (κ2) is 15.7. The van der Waals surface area contributed by atoms with E-state index in [4.69, 9.17) is 4.74 Å². The van der Waals surface area contributed by atoms with Crippen molar-refractivity contribution in [3.8, 4) is 0 Å². The maximum absolute atomic E-state index is 9.73. The van der Waals surface area contributed by atoms with Crippen molar-refractivity contribution in [2.24, 2.45) is 0 Å². The lowest BCUT2D eigenvalue weighted by atomic mass is 10.1. The minimum atomic E-state index is 0.756. The number of ether oxygens (including phenoxy) is 1. The summed E-state index contributed by atoms with van der Waals surface area (Å²) in [5.74, 6) is 0. The molecule has 0 saturated heterocycles. The maximum Gasteiger partial charge on any atom is 0.207 e. The van der Waals surface area contributed by atoms with Crippen molar-refractivity contribution < 1.29 is 9.53 Å². The predicted molar refractivity (Wildman–Crippen MR) is 84.8 cm³/mol. The molecule has 1 aromatic carbocycles. The first-order chi connectivity index (χ1) is 9.85. The van der Waals surface area contributed by atoms with Gasteiger partial charge in [0.1, 0.15) is 0 Å². The molecule has 0 saturated carbocycles. The summed E-state index contributed by atoms with van der Waals surface area (Å²) in [6.45, 7) is 3.87. The zero-order valence-corrected chi connectivity index (χ0v) is 12.9. The zero-order chi connectivity index (χ0) is 14.9. The van der Waals surface area contributed by atoms with Gasteiger partial charge in [-0.05, 0) is 24.8 Å². The number of benzene rings is 1. The van der Waals surface area contributed by atoms with Crippen molar-refractivity contribution in [2.45, 2.75) is 45.4 Å². The van der Waals surface area contributed by atoms with Gasteiger partial charge < -0.3 is 10.1 Å². The Balaban J connectivity index is 0.000000370. The van der Waals surface area contributed by atoms with Gasteiger partial charge in [0.25, 0.3) is 0 Å². The average molecular weight is 279 g/mol. The molecule has 0 fully saturated rings. The van der Waals surface area contributed by atoms with Crippen LogP contribution >= 0.6 is 0 Å². The summed E-state index contributed by atoms with van der Waals surface area (Å²) >= 11 is 0. The molecule has 0 aliphatic carbocycles. The van der Waals surface area contributed by atoms with Gasteiger partial charge in [-0.3, -0.25) is 4.79 Å². The molecule has 1 amide bonds. The van der Waals surface area contributed by atoms with E-state index in [2.05, 4.69) is 36.5 Å². The van der Waals surface area contributed by atoms with Crippen LogP contribution in [0.1, 0.15) is 44.6 Å². The van der Waals surface area contributed by atoms with E-state index in [1.807, 2.05) is 6.07 Å². The summed E-state index contributed by atoms with van der Waals surface area (Å²) in [6, 6.07) is 10.5. The number of amides is 1. The molecule has 0 spiro atoms. The van der Waals surface area contributed by atoms with Gasteiger partial charge >= 0.3 is 0 Å². The smallest absolute Gasteiger partial charge is 0.207 e. The molecule has 1 aromatic rings. The second-order valence-electron chi connectivity index (χ2n) is 4.71. The van der Waals surface area contributed by atoms with E-state index in [1.54, 1.807) is 7.11 Å². The van der Waals surface area contributed by atoms with Crippen molar-refractivity contribution in [1.82, 2.24) is 5.32 Å². The quantitative estimate of drug-likeness (QED) is 0.525. The van der Waals surface area contributed by atoms with Gasteiger partial charge in [-0.2, -0.15) is 0 Å². The fraction of sp³-hybridized carbons (Fsp3) is 0.588. The molecular weight excluding hydrogens is 250 g/mol. The molecule has 0 aliphatic rings. The maximum atomic E-state index is 9.73. The molecule has 114 valence electrons. The summed E-state index contributed by atoms with van der Waals surface area (Å²) < 4.78 is 4.96. The van der Waals surface area contributed by atoms with Crippen molar-refractivity contribution in [3.63, 3.8) is 0 Å². The van der Waals surface area contributed by atoms with Crippen LogP contribution in [-0.2, 0) is 16.0 Å². The van der Waals surface area contributed by atoms with Gasteiger partial charge in [0.05, 0.1) is 0 Å². The van der Waals surface area contributed by atoms with Crippen molar-refractivity contribution >= 4 is 6.41 Å². The summed E-state index contributed by atoms with van der Waals surface area (Å²) in [7, 11) is 1.74.